The van der Waals surface area contributed by atoms with E-state index in [1.165, 1.54) is 17.3 Å². The second kappa shape index (κ2) is 8.43. The smallest absolute Gasteiger partial charge is 0.269 e. The molecule has 3 aromatic rings. The van der Waals surface area contributed by atoms with Crippen LogP contribution in [0.5, 0.6) is 5.75 Å². The van der Waals surface area contributed by atoms with Crippen molar-refractivity contribution >= 4 is 23.6 Å². The largest absolute Gasteiger partial charge is 0.497 e. The maximum atomic E-state index is 12.3. The molecule has 0 unspecified atom stereocenters. The van der Waals surface area contributed by atoms with Gasteiger partial charge in [0.1, 0.15) is 5.75 Å². The van der Waals surface area contributed by atoms with Crippen LogP contribution in [0.15, 0.2) is 53.7 Å². The third-order valence-corrected chi connectivity index (χ3v) is 6.05. The molecule has 2 aromatic carbocycles. The zero-order chi connectivity index (χ0) is 22.0. The van der Waals surface area contributed by atoms with Crippen molar-refractivity contribution in [2.75, 3.05) is 12.9 Å². The van der Waals surface area contributed by atoms with Gasteiger partial charge in [-0.25, -0.2) is 0 Å². The molecule has 1 aromatic heterocycles. The number of benzene rings is 2. The van der Waals surface area contributed by atoms with E-state index < -0.39 is 5.91 Å². The number of hydrazine groups is 1. The molecular weight excluding hydrogens is 414 g/mol. The van der Waals surface area contributed by atoms with Gasteiger partial charge in [0.15, 0.2) is 11.0 Å². The van der Waals surface area contributed by atoms with E-state index in [1.54, 1.807) is 31.4 Å². The average molecular weight is 438 g/mol. The first kappa shape index (κ1) is 20.9. The number of carbonyl (C=O) groups excluding carboxylic acids is 2. The Morgan fingerprint density at radius 2 is 1.84 bits per heavy atom. The highest BCUT2D eigenvalue weighted by atomic mass is 32.2. The first-order chi connectivity index (χ1) is 14.9. The van der Waals surface area contributed by atoms with Crippen molar-refractivity contribution in [1.29, 1.82) is 0 Å². The summed E-state index contributed by atoms with van der Waals surface area (Å²) in [6.07, 6.45) is 0.853. The van der Waals surface area contributed by atoms with Crippen molar-refractivity contribution in [2.24, 2.45) is 0 Å². The molecular formula is C22H23N5O3S. The molecule has 8 nitrogen and oxygen atoms in total. The minimum atomic E-state index is -0.404. The molecule has 0 saturated carbocycles. The van der Waals surface area contributed by atoms with E-state index in [2.05, 4.69) is 45.5 Å². The van der Waals surface area contributed by atoms with Gasteiger partial charge in [-0.2, -0.15) is 0 Å². The van der Waals surface area contributed by atoms with Crippen molar-refractivity contribution in [3.63, 3.8) is 0 Å². The summed E-state index contributed by atoms with van der Waals surface area (Å²) in [5.74, 6) is 0.817. The molecule has 0 spiro atoms. The van der Waals surface area contributed by atoms with Crippen molar-refractivity contribution in [1.82, 2.24) is 25.6 Å². The Kier molecular flexibility index (Phi) is 5.69. The van der Waals surface area contributed by atoms with Gasteiger partial charge in [0.25, 0.3) is 5.91 Å². The van der Waals surface area contributed by atoms with Crippen LogP contribution in [-0.4, -0.2) is 39.4 Å². The van der Waals surface area contributed by atoms with E-state index in [0.717, 1.165) is 17.8 Å². The number of carbonyl (C=O) groups is 2. The summed E-state index contributed by atoms with van der Waals surface area (Å²) in [7, 11) is 1.55. The molecule has 0 bridgehead atoms. The van der Waals surface area contributed by atoms with Crippen molar-refractivity contribution < 1.29 is 14.3 Å². The third-order valence-electron chi connectivity index (χ3n) is 5.12. The fourth-order valence-electron chi connectivity index (χ4n) is 3.63. The van der Waals surface area contributed by atoms with Gasteiger partial charge in [-0.05, 0) is 50.1 Å². The van der Waals surface area contributed by atoms with Crippen LogP contribution in [0.3, 0.4) is 0 Å². The maximum Gasteiger partial charge on any atom is 0.269 e. The molecule has 1 aliphatic rings. The number of nitrogens with zero attached hydrogens (tertiary/aromatic N) is 3. The first-order valence-corrected chi connectivity index (χ1v) is 10.8. The van der Waals surface area contributed by atoms with Gasteiger partial charge in [-0.15, -0.1) is 10.2 Å². The number of nitrogens with one attached hydrogen (secondary N) is 2. The summed E-state index contributed by atoms with van der Waals surface area (Å²) in [5.41, 5.74) is 7.37. The van der Waals surface area contributed by atoms with Gasteiger partial charge in [-0.3, -0.25) is 25.0 Å². The minimum Gasteiger partial charge on any atom is -0.497 e. The van der Waals surface area contributed by atoms with E-state index in [4.69, 9.17) is 4.74 Å². The van der Waals surface area contributed by atoms with Gasteiger partial charge in [0.05, 0.1) is 12.9 Å². The number of hydrogen-bond acceptors (Lipinski definition) is 6. The van der Waals surface area contributed by atoms with Crippen LogP contribution >= 0.6 is 11.8 Å². The molecule has 31 heavy (non-hydrogen) atoms. The molecule has 0 saturated heterocycles. The summed E-state index contributed by atoms with van der Waals surface area (Å²) in [6.45, 7) is 4.27. The van der Waals surface area contributed by atoms with Gasteiger partial charge in [0, 0.05) is 16.7 Å². The fraction of sp³-hybridized carbons (Fsp3) is 0.273. The van der Waals surface area contributed by atoms with Crippen LogP contribution in [0.4, 0.5) is 0 Å². The number of rotatable bonds is 5. The van der Waals surface area contributed by atoms with Crippen molar-refractivity contribution in [3.8, 4) is 17.1 Å². The molecule has 2 heterocycles. The number of ether oxygens (including phenoxy) is 1. The third kappa shape index (κ3) is 4.27. The van der Waals surface area contributed by atoms with E-state index >= 15 is 0 Å². The van der Waals surface area contributed by atoms with Crippen LogP contribution < -0.4 is 15.6 Å². The number of methoxy groups -OCH3 is 1. The Balaban J connectivity index is 1.38. The highest BCUT2D eigenvalue weighted by Crippen LogP contribution is 2.39. The van der Waals surface area contributed by atoms with Crippen LogP contribution in [0.1, 0.15) is 29.8 Å². The molecule has 0 fully saturated rings. The normalized spacial score (nSPS) is 13.6. The van der Waals surface area contributed by atoms with Crippen molar-refractivity contribution in [2.45, 2.75) is 31.0 Å². The number of amides is 2. The molecule has 4 rings (SSSR count). The standard InChI is InChI=1S/C22H23N5O3S/c1-22(2)12-15-6-4-5-7-17(15)19-24-26-21(27(19)22)31-13-18(28)23-25-20(29)14-8-10-16(30-3)11-9-14/h4-11H,12-13H2,1-3H3,(H,23,28)(H,25,29). The van der Waals surface area contributed by atoms with Gasteiger partial charge in [-0.1, -0.05) is 36.0 Å². The predicted molar refractivity (Wildman–Crippen MR) is 118 cm³/mol. The fourth-order valence-corrected chi connectivity index (χ4v) is 4.52. The molecule has 0 aliphatic carbocycles. The quantitative estimate of drug-likeness (QED) is 0.471. The molecule has 160 valence electrons. The van der Waals surface area contributed by atoms with Gasteiger partial charge in [0.2, 0.25) is 5.91 Å². The Hall–Kier alpha value is -3.33. The summed E-state index contributed by atoms with van der Waals surface area (Å²) in [4.78, 5) is 24.5. The number of hydrogen-bond donors (Lipinski definition) is 2. The Bertz CT molecular complexity index is 1120. The lowest BCUT2D eigenvalue weighted by Gasteiger charge is -2.34. The highest BCUT2D eigenvalue weighted by Gasteiger charge is 2.34. The Labute approximate surface area is 184 Å². The maximum absolute atomic E-state index is 12.3. The first-order valence-electron chi connectivity index (χ1n) is 9.79. The zero-order valence-electron chi connectivity index (χ0n) is 17.5. The van der Waals surface area contributed by atoms with Crippen LogP contribution in [-0.2, 0) is 16.8 Å². The Morgan fingerprint density at radius 1 is 1.10 bits per heavy atom. The summed E-state index contributed by atoms with van der Waals surface area (Å²) < 4.78 is 7.16. The van der Waals surface area contributed by atoms with E-state index in [0.29, 0.717) is 16.5 Å². The molecule has 2 N–H and O–H groups in total. The van der Waals surface area contributed by atoms with Gasteiger partial charge < -0.3 is 4.74 Å². The summed E-state index contributed by atoms with van der Waals surface area (Å²) in [6, 6.07) is 14.8. The Morgan fingerprint density at radius 3 is 2.58 bits per heavy atom. The van der Waals surface area contributed by atoms with Crippen LogP contribution in [0.2, 0.25) is 0 Å². The van der Waals surface area contributed by atoms with Crippen LogP contribution in [0, 0.1) is 0 Å². The van der Waals surface area contributed by atoms with E-state index in [-0.39, 0.29) is 17.2 Å². The number of fused-ring (bicyclic) bond motifs is 3. The van der Waals surface area contributed by atoms with Crippen molar-refractivity contribution in [3.05, 3.63) is 59.7 Å². The minimum absolute atomic E-state index is 0.0960. The SMILES string of the molecule is COc1ccc(C(=O)NNC(=O)CSc2nnc3n2C(C)(C)Cc2ccccc2-3)cc1. The monoisotopic (exact) mass is 437 g/mol. The number of aromatic nitrogens is 3. The summed E-state index contributed by atoms with van der Waals surface area (Å²) >= 11 is 1.29. The van der Waals surface area contributed by atoms with E-state index in [9.17, 15) is 9.59 Å². The lowest BCUT2D eigenvalue weighted by Crippen LogP contribution is -2.42. The zero-order valence-corrected chi connectivity index (χ0v) is 18.3. The molecule has 9 heteroatoms. The molecule has 0 atom stereocenters. The van der Waals surface area contributed by atoms with Gasteiger partial charge >= 0.3 is 0 Å². The van der Waals surface area contributed by atoms with Crippen LogP contribution in [0.25, 0.3) is 11.4 Å². The lowest BCUT2D eigenvalue weighted by molar-refractivity contribution is -0.119. The topological polar surface area (TPSA) is 98.1 Å². The lowest BCUT2D eigenvalue weighted by atomic mass is 9.87. The molecule has 2 amide bonds. The highest BCUT2D eigenvalue weighted by molar-refractivity contribution is 7.99. The predicted octanol–water partition coefficient (Wildman–Crippen LogP) is 2.80. The molecule has 1 aliphatic heterocycles. The molecule has 0 radical (unpaired) electrons. The van der Waals surface area contributed by atoms with E-state index in [1.807, 2.05) is 18.2 Å². The second-order valence-electron chi connectivity index (χ2n) is 7.81. The number of thioether (sulfide) groups is 1. The average Bonchev–Trinajstić information content (AvgIpc) is 3.21. The second-order valence-corrected chi connectivity index (χ2v) is 8.75. The summed E-state index contributed by atoms with van der Waals surface area (Å²) in [5, 5.41) is 9.37.